The van der Waals surface area contributed by atoms with Crippen LogP contribution in [0.3, 0.4) is 0 Å². The van der Waals surface area contributed by atoms with Crippen LogP contribution in [0.25, 0.3) is 0 Å². The van der Waals surface area contributed by atoms with Crippen LogP contribution in [0.2, 0.25) is 0 Å². The van der Waals surface area contributed by atoms with Gasteiger partial charge in [0, 0.05) is 52.9 Å². The highest BCUT2D eigenvalue weighted by Crippen LogP contribution is 2.34. The maximum Gasteiger partial charge on any atom is 0.320 e. The molecule has 1 saturated carbocycles. The molecule has 3 rings (SSSR count). The van der Waals surface area contributed by atoms with E-state index in [4.69, 9.17) is 0 Å². The Labute approximate surface area is 115 Å². The summed E-state index contributed by atoms with van der Waals surface area (Å²) in [6, 6.07) is 0.719. The number of carbonyl (C=O) groups is 1. The van der Waals surface area contributed by atoms with Gasteiger partial charge in [-0.2, -0.15) is 0 Å². The summed E-state index contributed by atoms with van der Waals surface area (Å²) in [5, 5.41) is 3.37. The first-order valence-corrected chi connectivity index (χ1v) is 7.70. The Morgan fingerprint density at radius 2 is 1.95 bits per heavy atom. The number of carbonyl (C=O) groups excluding carboxylic acids is 1. The van der Waals surface area contributed by atoms with E-state index in [1.54, 1.807) is 0 Å². The monoisotopic (exact) mass is 266 g/mol. The SMILES string of the molecule is CN1C(=O)N(CCN2CCNCC2)CC1C1CCC1. The minimum atomic E-state index is 0.243. The first-order chi connectivity index (χ1) is 9.25. The van der Waals surface area contributed by atoms with Gasteiger partial charge in [-0.3, -0.25) is 4.90 Å². The summed E-state index contributed by atoms with van der Waals surface area (Å²) in [7, 11) is 1.98. The van der Waals surface area contributed by atoms with Gasteiger partial charge < -0.3 is 15.1 Å². The normalized spacial score (nSPS) is 29.9. The second kappa shape index (κ2) is 5.67. The van der Waals surface area contributed by atoms with Crippen LogP contribution in [-0.4, -0.2) is 79.6 Å². The summed E-state index contributed by atoms with van der Waals surface area (Å²) in [5.74, 6) is 0.762. The Balaban J connectivity index is 1.49. The predicted octanol–water partition coefficient (Wildman–Crippen LogP) is 0.428. The lowest BCUT2D eigenvalue weighted by molar-refractivity contribution is 0.163. The highest BCUT2D eigenvalue weighted by Gasteiger charge is 2.40. The van der Waals surface area contributed by atoms with Crippen LogP contribution in [-0.2, 0) is 0 Å². The number of amides is 2. The standard InChI is InChI=1S/C14H26N4O/c1-16-13(12-3-2-4-12)11-18(14(16)19)10-9-17-7-5-15-6-8-17/h12-13,15H,2-11H2,1H3. The number of hydrogen-bond donors (Lipinski definition) is 1. The molecular formula is C14H26N4O. The zero-order valence-electron chi connectivity index (χ0n) is 12.0. The minimum absolute atomic E-state index is 0.243. The van der Waals surface area contributed by atoms with Crippen molar-refractivity contribution in [2.75, 3.05) is 52.9 Å². The third kappa shape index (κ3) is 2.72. The molecule has 5 nitrogen and oxygen atoms in total. The largest absolute Gasteiger partial charge is 0.323 e. The molecule has 2 amide bonds. The molecule has 1 atom stereocenters. The second-order valence-electron chi connectivity index (χ2n) is 6.19. The number of rotatable bonds is 4. The maximum absolute atomic E-state index is 12.3. The molecule has 2 saturated heterocycles. The highest BCUT2D eigenvalue weighted by molar-refractivity contribution is 5.77. The van der Waals surface area contributed by atoms with Gasteiger partial charge in [0.2, 0.25) is 0 Å². The lowest BCUT2D eigenvalue weighted by Crippen LogP contribution is -2.46. The zero-order valence-corrected chi connectivity index (χ0v) is 12.0. The summed E-state index contributed by atoms with van der Waals surface area (Å²) in [5.41, 5.74) is 0. The maximum atomic E-state index is 12.3. The van der Waals surface area contributed by atoms with Gasteiger partial charge in [-0.25, -0.2) is 4.79 Å². The van der Waals surface area contributed by atoms with Gasteiger partial charge in [0.25, 0.3) is 0 Å². The fraction of sp³-hybridized carbons (Fsp3) is 0.929. The molecule has 108 valence electrons. The van der Waals surface area contributed by atoms with E-state index in [1.807, 2.05) is 11.9 Å². The van der Waals surface area contributed by atoms with E-state index in [0.717, 1.165) is 51.7 Å². The van der Waals surface area contributed by atoms with Crippen molar-refractivity contribution in [2.24, 2.45) is 5.92 Å². The van der Waals surface area contributed by atoms with Gasteiger partial charge in [-0.1, -0.05) is 6.42 Å². The van der Waals surface area contributed by atoms with E-state index in [9.17, 15) is 4.79 Å². The summed E-state index contributed by atoms with van der Waals surface area (Å²) in [6.45, 7) is 7.27. The van der Waals surface area contributed by atoms with Crippen LogP contribution in [0.15, 0.2) is 0 Å². The average molecular weight is 266 g/mol. The quantitative estimate of drug-likeness (QED) is 0.802. The Bertz CT molecular complexity index is 325. The topological polar surface area (TPSA) is 38.8 Å². The van der Waals surface area contributed by atoms with Gasteiger partial charge in [0.1, 0.15) is 0 Å². The fourth-order valence-electron chi connectivity index (χ4n) is 3.47. The number of hydrogen-bond acceptors (Lipinski definition) is 3. The molecular weight excluding hydrogens is 240 g/mol. The summed E-state index contributed by atoms with van der Waals surface area (Å²) >= 11 is 0. The minimum Gasteiger partial charge on any atom is -0.323 e. The van der Waals surface area contributed by atoms with Gasteiger partial charge in [0.05, 0.1) is 6.04 Å². The second-order valence-corrected chi connectivity index (χ2v) is 6.19. The lowest BCUT2D eigenvalue weighted by Gasteiger charge is -2.34. The molecule has 0 aromatic carbocycles. The predicted molar refractivity (Wildman–Crippen MR) is 75.2 cm³/mol. The van der Waals surface area contributed by atoms with Crippen LogP contribution >= 0.6 is 0 Å². The smallest absolute Gasteiger partial charge is 0.320 e. The number of likely N-dealkylation sites (N-methyl/N-ethyl adjacent to an activating group) is 1. The molecule has 1 N–H and O–H groups in total. The highest BCUT2D eigenvalue weighted by atomic mass is 16.2. The van der Waals surface area contributed by atoms with Gasteiger partial charge in [-0.05, 0) is 18.8 Å². The molecule has 5 heteroatoms. The molecule has 0 aromatic rings. The molecule has 1 unspecified atom stereocenters. The Morgan fingerprint density at radius 3 is 2.58 bits per heavy atom. The fourth-order valence-corrected chi connectivity index (χ4v) is 3.47. The molecule has 19 heavy (non-hydrogen) atoms. The van der Waals surface area contributed by atoms with E-state index in [1.165, 1.54) is 19.3 Å². The van der Waals surface area contributed by atoms with Crippen molar-refractivity contribution in [1.82, 2.24) is 20.0 Å². The average Bonchev–Trinajstić information content (AvgIpc) is 2.64. The van der Waals surface area contributed by atoms with Gasteiger partial charge in [-0.15, -0.1) is 0 Å². The van der Waals surface area contributed by atoms with Crippen LogP contribution in [0.4, 0.5) is 4.79 Å². The van der Waals surface area contributed by atoms with Crippen molar-refractivity contribution in [1.29, 1.82) is 0 Å². The number of piperazine rings is 1. The zero-order chi connectivity index (χ0) is 13.2. The van der Waals surface area contributed by atoms with Crippen molar-refractivity contribution in [2.45, 2.75) is 25.3 Å². The molecule has 3 aliphatic rings. The third-order valence-electron chi connectivity index (χ3n) is 5.07. The Hall–Kier alpha value is -0.810. The molecule has 0 spiro atoms. The van der Waals surface area contributed by atoms with Crippen molar-refractivity contribution >= 4 is 6.03 Å². The molecule has 2 heterocycles. The van der Waals surface area contributed by atoms with Crippen molar-refractivity contribution in [3.63, 3.8) is 0 Å². The first-order valence-electron chi connectivity index (χ1n) is 7.70. The first kappa shape index (κ1) is 13.2. The van der Waals surface area contributed by atoms with E-state index >= 15 is 0 Å². The Kier molecular flexibility index (Phi) is 3.93. The van der Waals surface area contributed by atoms with Crippen LogP contribution < -0.4 is 5.32 Å². The van der Waals surface area contributed by atoms with Crippen molar-refractivity contribution in [3.05, 3.63) is 0 Å². The van der Waals surface area contributed by atoms with E-state index < -0.39 is 0 Å². The van der Waals surface area contributed by atoms with Gasteiger partial charge in [0.15, 0.2) is 0 Å². The van der Waals surface area contributed by atoms with Gasteiger partial charge >= 0.3 is 6.03 Å². The molecule has 0 radical (unpaired) electrons. The summed E-state index contributed by atoms with van der Waals surface area (Å²) in [4.78, 5) is 18.8. The molecule has 0 aromatic heterocycles. The van der Waals surface area contributed by atoms with Crippen LogP contribution in [0, 0.1) is 5.92 Å². The number of urea groups is 1. The van der Waals surface area contributed by atoms with Crippen molar-refractivity contribution in [3.8, 4) is 0 Å². The molecule has 1 aliphatic carbocycles. The molecule has 2 aliphatic heterocycles. The van der Waals surface area contributed by atoms with E-state index in [2.05, 4.69) is 15.1 Å². The lowest BCUT2D eigenvalue weighted by atomic mass is 9.79. The van der Waals surface area contributed by atoms with Crippen LogP contribution in [0.1, 0.15) is 19.3 Å². The van der Waals surface area contributed by atoms with E-state index in [-0.39, 0.29) is 6.03 Å². The van der Waals surface area contributed by atoms with Crippen LogP contribution in [0.5, 0.6) is 0 Å². The number of nitrogens with zero attached hydrogens (tertiary/aromatic N) is 3. The third-order valence-corrected chi connectivity index (χ3v) is 5.07. The summed E-state index contributed by atoms with van der Waals surface area (Å²) < 4.78 is 0. The Morgan fingerprint density at radius 1 is 1.21 bits per heavy atom. The van der Waals surface area contributed by atoms with E-state index in [0.29, 0.717) is 6.04 Å². The van der Waals surface area contributed by atoms with Crippen molar-refractivity contribution < 1.29 is 4.79 Å². The summed E-state index contributed by atoms with van der Waals surface area (Å²) in [6.07, 6.45) is 3.98. The molecule has 0 bridgehead atoms. The number of nitrogens with one attached hydrogen (secondary N) is 1. The molecule has 3 fully saturated rings.